The minimum absolute atomic E-state index is 0.164. The minimum atomic E-state index is 0.164. The molecule has 2 unspecified atom stereocenters. The Morgan fingerprint density at radius 2 is 2.31 bits per heavy atom. The van der Waals surface area contributed by atoms with E-state index in [1.165, 1.54) is 0 Å². The maximum absolute atomic E-state index is 9.03. The number of likely N-dealkylation sites (tertiary alicyclic amines) is 1. The van der Waals surface area contributed by atoms with Crippen LogP contribution in [0.3, 0.4) is 0 Å². The molecule has 1 aliphatic rings. The van der Waals surface area contributed by atoms with Crippen molar-refractivity contribution in [3.05, 3.63) is 0 Å². The molecule has 1 aliphatic heterocycles. The van der Waals surface area contributed by atoms with Crippen LogP contribution in [0.15, 0.2) is 0 Å². The second kappa shape index (κ2) is 4.40. The highest BCUT2D eigenvalue weighted by Gasteiger charge is 2.39. The summed E-state index contributed by atoms with van der Waals surface area (Å²) in [6.07, 6.45) is 2.02. The Morgan fingerprint density at radius 3 is 2.69 bits per heavy atom. The average Bonchev–Trinajstić information content (AvgIpc) is 2.29. The fraction of sp³-hybridized carbons (Fsp3) is 1.00. The number of hydrogen-bond donors (Lipinski definition) is 2. The molecule has 3 nitrogen and oxygen atoms in total. The van der Waals surface area contributed by atoms with Gasteiger partial charge in [0.15, 0.2) is 0 Å². The third-order valence-corrected chi connectivity index (χ3v) is 3.13. The number of nitrogens with one attached hydrogen (secondary N) is 1. The highest BCUT2D eigenvalue weighted by Crippen LogP contribution is 2.28. The van der Waals surface area contributed by atoms with Gasteiger partial charge >= 0.3 is 0 Å². The van der Waals surface area contributed by atoms with Crippen LogP contribution in [0.25, 0.3) is 0 Å². The largest absolute Gasteiger partial charge is 0.396 e. The number of nitrogens with zero attached hydrogens (tertiary/aromatic N) is 1. The van der Waals surface area contributed by atoms with Gasteiger partial charge in [-0.2, -0.15) is 0 Å². The van der Waals surface area contributed by atoms with E-state index < -0.39 is 0 Å². The van der Waals surface area contributed by atoms with Gasteiger partial charge in [-0.1, -0.05) is 6.92 Å². The van der Waals surface area contributed by atoms with Gasteiger partial charge in [-0.05, 0) is 33.4 Å². The smallest absolute Gasteiger partial charge is 0.0449 e. The van der Waals surface area contributed by atoms with Crippen LogP contribution in [0.4, 0.5) is 0 Å². The fourth-order valence-corrected chi connectivity index (χ4v) is 2.41. The molecule has 1 rings (SSSR count). The van der Waals surface area contributed by atoms with Crippen molar-refractivity contribution in [3.63, 3.8) is 0 Å². The second-order valence-corrected chi connectivity index (χ2v) is 4.25. The van der Waals surface area contributed by atoms with Crippen LogP contribution in [0.2, 0.25) is 0 Å². The van der Waals surface area contributed by atoms with Gasteiger partial charge in [-0.3, -0.25) is 0 Å². The summed E-state index contributed by atoms with van der Waals surface area (Å²) < 4.78 is 0. The molecule has 13 heavy (non-hydrogen) atoms. The lowest BCUT2D eigenvalue weighted by Crippen LogP contribution is -2.47. The number of likely N-dealkylation sites (N-methyl/N-ethyl adjacent to an activating group) is 2. The second-order valence-electron chi connectivity index (χ2n) is 4.25. The maximum atomic E-state index is 9.03. The molecule has 1 saturated heterocycles. The molecule has 0 saturated carbocycles. The molecule has 0 amide bonds. The third kappa shape index (κ3) is 2.42. The Morgan fingerprint density at radius 1 is 1.62 bits per heavy atom. The molecule has 1 heterocycles. The predicted octanol–water partition coefficient (Wildman–Crippen LogP) is 0.441. The minimum Gasteiger partial charge on any atom is -0.396 e. The van der Waals surface area contributed by atoms with Crippen LogP contribution < -0.4 is 5.32 Å². The van der Waals surface area contributed by atoms with Crippen molar-refractivity contribution >= 4 is 0 Å². The Balaban J connectivity index is 2.58. The highest BCUT2D eigenvalue weighted by molar-refractivity contribution is 4.99. The number of rotatable bonds is 4. The van der Waals surface area contributed by atoms with Crippen molar-refractivity contribution in [1.29, 1.82) is 0 Å². The van der Waals surface area contributed by atoms with Crippen molar-refractivity contribution < 1.29 is 5.11 Å². The normalized spacial score (nSPS) is 35.5. The Hall–Kier alpha value is -0.120. The molecular formula is C10H22N2O. The van der Waals surface area contributed by atoms with Crippen LogP contribution in [0.1, 0.15) is 26.7 Å². The Kier molecular flexibility index (Phi) is 3.71. The summed E-state index contributed by atoms with van der Waals surface area (Å²) in [7, 11) is 2.15. The maximum Gasteiger partial charge on any atom is 0.0449 e. The SMILES string of the molecule is CCNC1(CCO)CC(C)N(C)C1. The molecule has 0 radical (unpaired) electrons. The first kappa shape index (κ1) is 11.0. The Labute approximate surface area is 81.1 Å². The molecule has 2 atom stereocenters. The summed E-state index contributed by atoms with van der Waals surface area (Å²) in [5.74, 6) is 0. The first-order valence-corrected chi connectivity index (χ1v) is 5.19. The van der Waals surface area contributed by atoms with Crippen molar-refractivity contribution in [2.24, 2.45) is 0 Å². The van der Waals surface area contributed by atoms with Crippen LogP contribution in [-0.2, 0) is 0 Å². The van der Waals surface area contributed by atoms with E-state index in [1.807, 2.05) is 0 Å². The van der Waals surface area contributed by atoms with E-state index >= 15 is 0 Å². The topological polar surface area (TPSA) is 35.5 Å². The van der Waals surface area contributed by atoms with Gasteiger partial charge in [0, 0.05) is 24.7 Å². The first-order chi connectivity index (χ1) is 6.13. The molecule has 0 aromatic heterocycles. The monoisotopic (exact) mass is 186 g/mol. The van der Waals surface area contributed by atoms with Gasteiger partial charge in [0.1, 0.15) is 0 Å². The van der Waals surface area contributed by atoms with E-state index in [-0.39, 0.29) is 12.1 Å². The van der Waals surface area contributed by atoms with E-state index in [1.54, 1.807) is 0 Å². The van der Waals surface area contributed by atoms with E-state index in [4.69, 9.17) is 5.11 Å². The molecule has 78 valence electrons. The number of hydrogen-bond acceptors (Lipinski definition) is 3. The van der Waals surface area contributed by atoms with Gasteiger partial charge in [0.2, 0.25) is 0 Å². The van der Waals surface area contributed by atoms with Crippen molar-refractivity contribution in [2.75, 3.05) is 26.7 Å². The van der Waals surface area contributed by atoms with E-state index in [9.17, 15) is 0 Å². The van der Waals surface area contributed by atoms with E-state index in [0.717, 1.165) is 25.9 Å². The lowest BCUT2D eigenvalue weighted by molar-refractivity contribution is 0.211. The van der Waals surface area contributed by atoms with Gasteiger partial charge < -0.3 is 15.3 Å². The lowest BCUT2D eigenvalue weighted by atomic mass is 9.92. The quantitative estimate of drug-likeness (QED) is 0.669. The first-order valence-electron chi connectivity index (χ1n) is 5.19. The zero-order valence-corrected chi connectivity index (χ0v) is 9.01. The van der Waals surface area contributed by atoms with E-state index in [0.29, 0.717) is 6.04 Å². The van der Waals surface area contributed by atoms with Crippen molar-refractivity contribution in [1.82, 2.24) is 10.2 Å². The summed E-state index contributed by atoms with van der Waals surface area (Å²) >= 11 is 0. The molecule has 0 aliphatic carbocycles. The van der Waals surface area contributed by atoms with Gasteiger partial charge in [-0.15, -0.1) is 0 Å². The van der Waals surface area contributed by atoms with Gasteiger partial charge in [0.25, 0.3) is 0 Å². The molecule has 0 bridgehead atoms. The Bertz CT molecular complexity index is 143. The van der Waals surface area contributed by atoms with Crippen LogP contribution in [0, 0.1) is 0 Å². The summed E-state index contributed by atoms with van der Waals surface area (Å²) in [5.41, 5.74) is 0.164. The molecule has 0 aromatic carbocycles. The molecule has 2 N–H and O–H groups in total. The standard InChI is InChI=1S/C10H22N2O/c1-4-11-10(5-6-13)7-9(2)12(3)8-10/h9,11,13H,4-8H2,1-3H3. The van der Waals surface area contributed by atoms with Crippen molar-refractivity contribution in [2.45, 2.75) is 38.3 Å². The molecule has 3 heteroatoms. The zero-order valence-electron chi connectivity index (χ0n) is 9.01. The summed E-state index contributed by atoms with van der Waals surface area (Å²) in [6.45, 7) is 6.70. The van der Waals surface area contributed by atoms with Gasteiger partial charge in [-0.25, -0.2) is 0 Å². The summed E-state index contributed by atoms with van der Waals surface area (Å²) in [6, 6.07) is 0.630. The summed E-state index contributed by atoms with van der Waals surface area (Å²) in [4.78, 5) is 2.36. The number of aliphatic hydroxyl groups excluding tert-OH is 1. The van der Waals surface area contributed by atoms with Crippen molar-refractivity contribution in [3.8, 4) is 0 Å². The lowest BCUT2D eigenvalue weighted by Gasteiger charge is -2.29. The third-order valence-electron chi connectivity index (χ3n) is 3.13. The zero-order chi connectivity index (χ0) is 9.90. The predicted molar refractivity (Wildman–Crippen MR) is 54.8 cm³/mol. The molecular weight excluding hydrogens is 164 g/mol. The van der Waals surface area contributed by atoms with Crippen LogP contribution in [0.5, 0.6) is 0 Å². The summed E-state index contributed by atoms with van der Waals surface area (Å²) in [5, 5.41) is 12.6. The molecule has 1 fully saturated rings. The molecule has 0 spiro atoms. The van der Waals surface area contributed by atoms with Crippen LogP contribution >= 0.6 is 0 Å². The fourth-order valence-electron chi connectivity index (χ4n) is 2.41. The average molecular weight is 186 g/mol. The van der Waals surface area contributed by atoms with Gasteiger partial charge in [0.05, 0.1) is 0 Å². The number of aliphatic hydroxyl groups is 1. The highest BCUT2D eigenvalue weighted by atomic mass is 16.3. The molecule has 0 aromatic rings. The van der Waals surface area contributed by atoms with Crippen LogP contribution in [-0.4, -0.2) is 48.3 Å². The van der Waals surface area contributed by atoms with E-state index in [2.05, 4.69) is 31.1 Å².